The van der Waals surface area contributed by atoms with E-state index in [9.17, 15) is 0 Å². The summed E-state index contributed by atoms with van der Waals surface area (Å²) in [6.07, 6.45) is 21.1. The quantitative estimate of drug-likeness (QED) is 0.0712. The molecule has 5 nitrogen and oxygen atoms in total. The van der Waals surface area contributed by atoms with Crippen LogP contribution >= 0.6 is 0 Å². The molecule has 1 aliphatic rings. The van der Waals surface area contributed by atoms with Crippen LogP contribution in [0.15, 0.2) is 152 Å². The number of nitrogens with zero attached hydrogens (tertiary/aromatic N) is 5. The van der Waals surface area contributed by atoms with E-state index >= 15 is 0 Å². The molecule has 5 radical (unpaired) electrons. The average Bonchev–Trinajstić information content (AvgIpc) is 0.935. The SMILES string of the molecule is Cc1c[c-]c(-c2cc(CC3CCCCC3)c([Si](C)(C)C)cn2)cc1.Cc1ccc[c-]c1-c1cc(C(C)C)c([Si](C)(C)C)cn1.Cc1ccc[c-]c1-c1cc(C)c([Si](C)(C)C)cn1.Cc1ccc[c-]c1-c1cc(CC(C)(C)C)c([Si](C)(C)C)cn1.Cc1ccc[c-]c1-c1cc(CC(C)C)c([Si](C)(C)C)cn1.[Ir].[Ir].[Ir].[Ir].[Ir]. The molecular weight excluding hydrogens is 2310 g/mol. The minimum absolute atomic E-state index is 0. The minimum atomic E-state index is -1.39. The second-order valence-corrected chi connectivity index (χ2v) is 62.1. The fraction of sp³-hybridized carbons (Fsp3) is 0.421. The summed E-state index contributed by atoms with van der Waals surface area (Å²) in [5.74, 6) is 2.06. The van der Waals surface area contributed by atoms with Crippen LogP contribution < -0.4 is 25.9 Å². The van der Waals surface area contributed by atoms with Crippen LogP contribution in [0.2, 0.25) is 98.2 Å². The molecule has 0 spiro atoms. The van der Waals surface area contributed by atoms with Crippen molar-refractivity contribution in [2.45, 2.75) is 245 Å². The molecule has 0 unspecified atom stereocenters. The summed E-state index contributed by atoms with van der Waals surface area (Å²) in [5, 5.41) is 7.45. The Bertz CT molecular complexity index is 4490. The van der Waals surface area contributed by atoms with Crippen molar-refractivity contribution in [2.75, 3.05) is 0 Å². The predicted molar refractivity (Wildman–Crippen MR) is 472 cm³/mol. The molecular formula is C95H128Ir5N5Si5-5. The predicted octanol–water partition coefficient (Wildman–Crippen LogP) is 23.3. The van der Waals surface area contributed by atoms with E-state index < -0.39 is 40.4 Å². The summed E-state index contributed by atoms with van der Waals surface area (Å²) >= 11 is 0. The van der Waals surface area contributed by atoms with Crippen LogP contribution in [0.4, 0.5) is 0 Å². The molecule has 10 aromatic rings. The van der Waals surface area contributed by atoms with E-state index in [2.05, 4.69) is 327 Å². The van der Waals surface area contributed by atoms with Crippen molar-refractivity contribution in [2.24, 2.45) is 17.3 Å². The Kier molecular flexibility index (Phi) is 41.9. The Morgan fingerprint density at radius 1 is 0.382 bits per heavy atom. The van der Waals surface area contributed by atoms with Gasteiger partial charge in [0.15, 0.2) is 0 Å². The summed E-state index contributed by atoms with van der Waals surface area (Å²) < 4.78 is 0. The smallest absolute Gasteiger partial charge is 0.0799 e. The van der Waals surface area contributed by atoms with E-state index in [1.807, 2.05) is 48.5 Å². The van der Waals surface area contributed by atoms with E-state index in [4.69, 9.17) is 19.9 Å². The maximum atomic E-state index is 4.80. The molecule has 5 aromatic heterocycles. The van der Waals surface area contributed by atoms with E-state index in [1.54, 1.807) is 10.8 Å². The molecule has 0 N–H and O–H groups in total. The van der Waals surface area contributed by atoms with Gasteiger partial charge in [-0.05, 0) is 104 Å². The van der Waals surface area contributed by atoms with Gasteiger partial charge in [-0.3, -0.25) is 0 Å². The minimum Gasteiger partial charge on any atom is -0.305 e. The van der Waals surface area contributed by atoms with Crippen LogP contribution in [0.3, 0.4) is 0 Å². The molecule has 11 rings (SSSR count). The van der Waals surface area contributed by atoms with E-state index in [-0.39, 0.29) is 106 Å². The first-order chi connectivity index (χ1) is 49.0. The summed E-state index contributed by atoms with van der Waals surface area (Å²) in [6.45, 7) is 64.7. The number of benzene rings is 5. The zero-order chi connectivity index (χ0) is 77.6. The Morgan fingerprint density at radius 2 is 0.727 bits per heavy atom. The zero-order valence-electron chi connectivity index (χ0n) is 71.7. The van der Waals surface area contributed by atoms with Crippen LogP contribution in [0, 0.1) is 89.1 Å². The van der Waals surface area contributed by atoms with Gasteiger partial charge in [-0.25, -0.2) is 0 Å². The molecule has 603 valence electrons. The Hall–Kier alpha value is -3.82. The first-order valence-corrected chi connectivity index (χ1v) is 56.3. The summed E-state index contributed by atoms with van der Waals surface area (Å²) in [5.41, 5.74) is 24.7. The maximum absolute atomic E-state index is 4.80. The number of aryl methyl sites for hydroxylation is 6. The molecule has 1 saturated carbocycles. The van der Waals surface area contributed by atoms with Crippen molar-refractivity contribution in [1.82, 2.24) is 24.9 Å². The van der Waals surface area contributed by atoms with E-state index in [1.165, 1.54) is 109 Å². The molecule has 110 heavy (non-hydrogen) atoms. The van der Waals surface area contributed by atoms with Crippen LogP contribution in [-0.2, 0) is 120 Å². The van der Waals surface area contributed by atoms with Gasteiger partial charge in [0, 0.05) is 132 Å². The molecule has 0 saturated heterocycles. The number of pyridine rings is 5. The Balaban J connectivity index is 0.000000463. The summed E-state index contributed by atoms with van der Waals surface area (Å²) in [7, 11) is -6.75. The number of aromatic nitrogens is 5. The van der Waals surface area contributed by atoms with Gasteiger partial charge >= 0.3 is 0 Å². The molecule has 0 aliphatic heterocycles. The number of hydrogen-bond donors (Lipinski definition) is 0. The summed E-state index contributed by atoms with van der Waals surface area (Å²) in [4.78, 5) is 23.7. The van der Waals surface area contributed by atoms with Gasteiger partial charge in [0.25, 0.3) is 0 Å². The van der Waals surface area contributed by atoms with Crippen molar-refractivity contribution >= 4 is 66.3 Å². The monoisotopic (exact) mass is 2440 g/mol. The van der Waals surface area contributed by atoms with Gasteiger partial charge in [0.1, 0.15) is 0 Å². The Morgan fingerprint density at radius 3 is 1.08 bits per heavy atom. The van der Waals surface area contributed by atoms with Gasteiger partial charge in [0.2, 0.25) is 0 Å². The van der Waals surface area contributed by atoms with Gasteiger partial charge in [-0.15, -0.1) is 177 Å². The third kappa shape index (κ3) is 30.7. The second-order valence-electron chi connectivity index (χ2n) is 36.9. The van der Waals surface area contributed by atoms with Gasteiger partial charge < -0.3 is 24.9 Å². The van der Waals surface area contributed by atoms with Crippen LogP contribution in [0.5, 0.6) is 0 Å². The van der Waals surface area contributed by atoms with Crippen molar-refractivity contribution in [3.8, 4) is 56.3 Å². The van der Waals surface area contributed by atoms with Crippen LogP contribution in [0.25, 0.3) is 56.3 Å². The normalized spacial score (nSPS) is 12.4. The first-order valence-electron chi connectivity index (χ1n) is 38.8. The molecule has 5 heterocycles. The molecule has 5 aromatic carbocycles. The van der Waals surface area contributed by atoms with Gasteiger partial charge in [-0.2, -0.15) is 0 Å². The Labute approximate surface area is 741 Å². The molecule has 0 bridgehead atoms. The van der Waals surface area contributed by atoms with Crippen molar-refractivity contribution < 1.29 is 101 Å². The number of hydrogen-bond acceptors (Lipinski definition) is 5. The van der Waals surface area contributed by atoms with Gasteiger partial charge in [0.05, 0.1) is 40.4 Å². The molecule has 0 amide bonds. The van der Waals surface area contributed by atoms with Crippen LogP contribution in [-0.4, -0.2) is 65.3 Å². The van der Waals surface area contributed by atoms with Crippen LogP contribution in [0.1, 0.15) is 142 Å². The maximum Gasteiger partial charge on any atom is 0.0799 e. The molecule has 1 aliphatic carbocycles. The fourth-order valence-electron chi connectivity index (χ4n) is 14.2. The molecule has 1 fully saturated rings. The van der Waals surface area contributed by atoms with Crippen molar-refractivity contribution in [3.63, 3.8) is 0 Å². The molecule has 15 heteroatoms. The van der Waals surface area contributed by atoms with Crippen molar-refractivity contribution in [1.29, 1.82) is 0 Å². The van der Waals surface area contributed by atoms with Crippen molar-refractivity contribution in [3.05, 3.63) is 238 Å². The third-order valence-electron chi connectivity index (χ3n) is 19.8. The van der Waals surface area contributed by atoms with Gasteiger partial charge in [-0.1, -0.05) is 272 Å². The fourth-order valence-corrected chi connectivity index (χ4v) is 22.3. The largest absolute Gasteiger partial charge is 0.305 e. The number of rotatable bonds is 16. The van der Waals surface area contributed by atoms with E-state index in [0.717, 1.165) is 75.0 Å². The second kappa shape index (κ2) is 45.1. The standard InChI is InChI=1S/C22H30NSi.C20H28NSi.C19H26NSi.C18H24NSi.C16H20NSi.5Ir/c1-17-10-12-19(13-11-17)21-15-20(14-18-8-6-5-7-9-18)22(16-23-21)24(2,3)4;1-15-10-8-9-11-17(15)18-12-16(13-20(2,3)4)19(14-21-18)22(5,6)7;1-14(2)11-16-12-18(17-10-8-7-9-15(17)3)20-13-19(16)21(4,5)6;1-13(2)16-11-17(15-10-8-7-9-14(15)3)19-12-18(16)20(4,5)6;1-12-8-6-7-9-14(12)15-10-13(2)16(11-17-15)18(3,4)5;;;;;/h10-12,15-16,18H,5-9,14H2,1-4H3;8-10,12,14H,13H2,1-7H3;7-9,12-14H,11H2,1-6H3;7-9,11-13H,1-6H3;6-8,10-11H,1-5H3;;;;;/q5*-1;;;;;. The topological polar surface area (TPSA) is 64.5 Å². The average molecular weight is 2440 g/mol. The third-order valence-corrected chi connectivity index (χ3v) is 30.2. The zero-order valence-corrected chi connectivity index (χ0v) is 88.7. The summed E-state index contributed by atoms with van der Waals surface area (Å²) in [6, 6.07) is 58.9. The first kappa shape index (κ1) is 102. The van der Waals surface area contributed by atoms with E-state index in [0.29, 0.717) is 11.8 Å². The molecule has 0 atom stereocenters.